The first-order valence-electron chi connectivity index (χ1n) is 5.08. The Balaban J connectivity index is 2.82. The fourth-order valence-electron chi connectivity index (χ4n) is 1.27. The van der Waals surface area contributed by atoms with Gasteiger partial charge in [0.2, 0.25) is 0 Å². The van der Waals surface area contributed by atoms with Crippen molar-refractivity contribution in [2.75, 3.05) is 19.0 Å². The average Bonchev–Trinajstić information content (AvgIpc) is 2.36. The van der Waals surface area contributed by atoms with E-state index in [0.29, 0.717) is 11.4 Å². The zero-order chi connectivity index (χ0) is 13.5. The van der Waals surface area contributed by atoms with Crippen LogP contribution in [0.25, 0.3) is 0 Å². The minimum absolute atomic E-state index is 0.219. The van der Waals surface area contributed by atoms with E-state index in [9.17, 15) is 9.59 Å². The minimum Gasteiger partial charge on any atom is -0.495 e. The largest absolute Gasteiger partial charge is 0.495 e. The summed E-state index contributed by atoms with van der Waals surface area (Å²) < 4.78 is 9.54. The van der Waals surface area contributed by atoms with Gasteiger partial charge in [0.05, 0.1) is 12.8 Å². The molecule has 1 rings (SSSR count). The fourth-order valence-corrected chi connectivity index (χ4v) is 1.27. The molecule has 0 radical (unpaired) electrons. The first-order chi connectivity index (χ1) is 8.58. The van der Waals surface area contributed by atoms with Crippen molar-refractivity contribution in [3.63, 3.8) is 0 Å². The molecule has 18 heavy (non-hydrogen) atoms. The third kappa shape index (κ3) is 3.49. The Morgan fingerprint density at radius 2 is 2.17 bits per heavy atom. The second kappa shape index (κ2) is 6.25. The number of benzene rings is 1. The summed E-state index contributed by atoms with van der Waals surface area (Å²) in [6, 6.07) is 6.75. The Kier molecular flexibility index (Phi) is 4.69. The second-order valence-electron chi connectivity index (χ2n) is 3.32. The topological polar surface area (TPSA) is 88.4 Å². The third-order valence-electron chi connectivity index (χ3n) is 2.04. The zero-order valence-electron chi connectivity index (χ0n) is 10.0. The number of anilines is 1. The van der Waals surface area contributed by atoms with Gasteiger partial charge in [0, 0.05) is 6.92 Å². The van der Waals surface area contributed by atoms with Crippen LogP contribution in [0.2, 0.25) is 0 Å². The molecule has 1 N–H and O–H groups in total. The number of hydrogen-bond acceptors (Lipinski definition) is 5. The maximum atomic E-state index is 11.4. The third-order valence-corrected chi connectivity index (χ3v) is 2.04. The van der Waals surface area contributed by atoms with Crippen LogP contribution in [0, 0.1) is 11.3 Å². The number of ether oxygens (including phenoxy) is 2. The molecule has 0 unspecified atom stereocenters. The summed E-state index contributed by atoms with van der Waals surface area (Å²) in [7, 11) is 1.43. The zero-order valence-corrected chi connectivity index (χ0v) is 10.0. The van der Waals surface area contributed by atoms with E-state index in [2.05, 4.69) is 10.1 Å². The number of nitriles is 1. The molecule has 6 heteroatoms. The molecular weight excluding hydrogens is 236 g/mol. The van der Waals surface area contributed by atoms with E-state index < -0.39 is 18.5 Å². The maximum Gasteiger partial charge on any atom is 0.303 e. The Hall–Kier alpha value is -2.55. The summed E-state index contributed by atoms with van der Waals surface area (Å²) in [5.41, 5.74) is 0.533. The van der Waals surface area contributed by atoms with Gasteiger partial charge in [0.15, 0.2) is 6.61 Å². The van der Waals surface area contributed by atoms with Crippen molar-refractivity contribution in [3.8, 4) is 11.8 Å². The molecule has 0 heterocycles. The average molecular weight is 248 g/mol. The van der Waals surface area contributed by atoms with Gasteiger partial charge in [0.25, 0.3) is 5.91 Å². The summed E-state index contributed by atoms with van der Waals surface area (Å²) >= 11 is 0. The van der Waals surface area contributed by atoms with E-state index in [0.717, 1.165) is 0 Å². The molecule has 0 saturated carbocycles. The molecule has 6 nitrogen and oxygen atoms in total. The maximum absolute atomic E-state index is 11.4. The highest BCUT2D eigenvalue weighted by atomic mass is 16.5. The van der Waals surface area contributed by atoms with Crippen molar-refractivity contribution in [1.29, 1.82) is 5.26 Å². The number of rotatable bonds is 4. The molecule has 0 aliphatic rings. The van der Waals surface area contributed by atoms with Gasteiger partial charge >= 0.3 is 5.97 Å². The first kappa shape index (κ1) is 13.5. The van der Waals surface area contributed by atoms with Gasteiger partial charge in [-0.25, -0.2) is 0 Å². The number of nitrogens with zero attached hydrogens (tertiary/aromatic N) is 1. The van der Waals surface area contributed by atoms with E-state index in [4.69, 9.17) is 10.00 Å². The van der Waals surface area contributed by atoms with E-state index in [1.807, 2.05) is 6.07 Å². The number of carbonyl (C=O) groups is 2. The summed E-state index contributed by atoms with van der Waals surface area (Å²) in [6.07, 6.45) is 0. The van der Waals surface area contributed by atoms with Crippen LogP contribution in [-0.4, -0.2) is 25.6 Å². The minimum atomic E-state index is -0.545. The molecule has 1 aromatic carbocycles. The quantitative estimate of drug-likeness (QED) is 0.805. The summed E-state index contributed by atoms with van der Waals surface area (Å²) in [4.78, 5) is 22.0. The lowest BCUT2D eigenvalue weighted by molar-refractivity contribution is -0.144. The lowest BCUT2D eigenvalue weighted by Gasteiger charge is -2.09. The van der Waals surface area contributed by atoms with Crippen LogP contribution in [0.5, 0.6) is 5.75 Å². The molecule has 0 saturated heterocycles. The van der Waals surface area contributed by atoms with Crippen molar-refractivity contribution >= 4 is 17.6 Å². The molecule has 0 fully saturated rings. The highest BCUT2D eigenvalue weighted by Gasteiger charge is 2.11. The SMILES string of the molecule is COc1cccc(NC(=O)COC(C)=O)c1C#N. The predicted molar refractivity (Wildman–Crippen MR) is 63.0 cm³/mol. The number of hydrogen-bond donors (Lipinski definition) is 1. The monoisotopic (exact) mass is 248 g/mol. The highest BCUT2D eigenvalue weighted by Crippen LogP contribution is 2.25. The number of nitrogens with one attached hydrogen (secondary N) is 1. The van der Waals surface area contributed by atoms with E-state index in [1.54, 1.807) is 18.2 Å². The molecule has 94 valence electrons. The highest BCUT2D eigenvalue weighted by molar-refractivity contribution is 5.94. The molecule has 0 atom stereocenters. The lowest BCUT2D eigenvalue weighted by Crippen LogP contribution is -2.20. The van der Waals surface area contributed by atoms with Gasteiger partial charge in [-0.05, 0) is 12.1 Å². The van der Waals surface area contributed by atoms with E-state index in [1.165, 1.54) is 14.0 Å². The Morgan fingerprint density at radius 1 is 1.44 bits per heavy atom. The van der Waals surface area contributed by atoms with E-state index in [-0.39, 0.29) is 5.56 Å². The van der Waals surface area contributed by atoms with Gasteiger partial charge < -0.3 is 14.8 Å². The van der Waals surface area contributed by atoms with Gasteiger partial charge in [-0.15, -0.1) is 0 Å². The molecule has 0 aliphatic carbocycles. The summed E-state index contributed by atoms with van der Waals surface area (Å²) in [5, 5.41) is 11.5. The van der Waals surface area contributed by atoms with Crippen LogP contribution in [0.15, 0.2) is 18.2 Å². The molecule has 0 bridgehead atoms. The first-order valence-corrected chi connectivity index (χ1v) is 5.08. The Labute approximate surface area is 104 Å². The van der Waals surface area contributed by atoms with Crippen LogP contribution < -0.4 is 10.1 Å². The van der Waals surface area contributed by atoms with Crippen LogP contribution in [-0.2, 0) is 14.3 Å². The van der Waals surface area contributed by atoms with Crippen LogP contribution in [0.4, 0.5) is 5.69 Å². The van der Waals surface area contributed by atoms with E-state index >= 15 is 0 Å². The van der Waals surface area contributed by atoms with Crippen molar-refractivity contribution < 1.29 is 19.1 Å². The molecule has 0 spiro atoms. The summed E-state index contributed by atoms with van der Waals surface area (Å²) in [5.74, 6) is -0.700. The van der Waals surface area contributed by atoms with Crippen LogP contribution in [0.1, 0.15) is 12.5 Å². The van der Waals surface area contributed by atoms with Crippen LogP contribution in [0.3, 0.4) is 0 Å². The number of carbonyl (C=O) groups excluding carboxylic acids is 2. The normalized spacial score (nSPS) is 9.17. The number of esters is 1. The molecular formula is C12H12N2O4. The summed E-state index contributed by atoms with van der Waals surface area (Å²) in [6.45, 7) is 0.816. The number of amides is 1. The van der Waals surface area contributed by atoms with Crippen molar-refractivity contribution in [3.05, 3.63) is 23.8 Å². The predicted octanol–water partition coefficient (Wildman–Crippen LogP) is 1.07. The number of methoxy groups -OCH3 is 1. The van der Waals surface area contributed by atoms with Crippen molar-refractivity contribution in [1.82, 2.24) is 0 Å². The van der Waals surface area contributed by atoms with Crippen molar-refractivity contribution in [2.45, 2.75) is 6.92 Å². The molecule has 1 aromatic rings. The fraction of sp³-hybridized carbons (Fsp3) is 0.250. The standard InChI is InChI=1S/C12H12N2O4/c1-8(15)18-7-12(16)14-10-4-3-5-11(17-2)9(10)6-13/h3-5H,7H2,1-2H3,(H,14,16). The smallest absolute Gasteiger partial charge is 0.303 e. The second-order valence-corrected chi connectivity index (χ2v) is 3.32. The molecule has 0 aliphatic heterocycles. The Bertz CT molecular complexity index is 505. The van der Waals surface area contributed by atoms with Gasteiger partial charge in [0.1, 0.15) is 17.4 Å². The lowest BCUT2D eigenvalue weighted by atomic mass is 10.1. The van der Waals surface area contributed by atoms with Gasteiger partial charge in [-0.3, -0.25) is 9.59 Å². The Morgan fingerprint density at radius 3 is 2.72 bits per heavy atom. The van der Waals surface area contributed by atoms with Gasteiger partial charge in [-0.2, -0.15) is 5.26 Å². The van der Waals surface area contributed by atoms with Crippen LogP contribution >= 0.6 is 0 Å². The molecule has 1 amide bonds. The molecule has 0 aromatic heterocycles. The van der Waals surface area contributed by atoms with Gasteiger partial charge in [-0.1, -0.05) is 6.07 Å². The van der Waals surface area contributed by atoms with Crippen molar-refractivity contribution in [2.24, 2.45) is 0 Å².